The summed E-state index contributed by atoms with van der Waals surface area (Å²) in [5.74, 6) is -0.911. The fourth-order valence-corrected chi connectivity index (χ4v) is 2.65. The van der Waals surface area contributed by atoms with Crippen molar-refractivity contribution < 1.29 is 14.7 Å². The Hall–Kier alpha value is -1.32. The number of hydrogen-bond donors (Lipinski definition) is 1. The molecule has 4 heteroatoms. The maximum Gasteiger partial charge on any atom is 0.308 e. The summed E-state index contributed by atoms with van der Waals surface area (Å²) < 4.78 is 0. The van der Waals surface area contributed by atoms with Crippen LogP contribution < -0.4 is 0 Å². The lowest BCUT2D eigenvalue weighted by atomic mass is 9.91. The largest absolute Gasteiger partial charge is 0.481 e. The number of aliphatic carboxylic acids is 1. The molecule has 94 valence electrons. The maximum atomic E-state index is 12.2. The second kappa shape index (κ2) is 5.34. The molecule has 2 rings (SSSR count). The molecule has 1 heterocycles. The number of likely N-dealkylation sites (tertiary alicyclic amines) is 1. The second-order valence-electron chi connectivity index (χ2n) is 4.94. The molecule has 1 N–H and O–H groups in total. The van der Waals surface area contributed by atoms with Gasteiger partial charge in [0, 0.05) is 19.0 Å². The summed E-state index contributed by atoms with van der Waals surface area (Å²) in [4.78, 5) is 24.9. The van der Waals surface area contributed by atoms with Crippen LogP contribution in [0.1, 0.15) is 32.1 Å². The zero-order valence-electron chi connectivity index (χ0n) is 9.97. The van der Waals surface area contributed by atoms with Crippen molar-refractivity contribution in [3.8, 4) is 0 Å². The van der Waals surface area contributed by atoms with Crippen molar-refractivity contribution in [2.75, 3.05) is 13.1 Å². The Morgan fingerprint density at radius 3 is 2.65 bits per heavy atom. The number of rotatable bonds is 2. The minimum atomic E-state index is -0.772. The van der Waals surface area contributed by atoms with E-state index in [9.17, 15) is 9.59 Å². The number of hydrogen-bond acceptors (Lipinski definition) is 2. The molecule has 0 saturated carbocycles. The number of piperidine rings is 1. The summed E-state index contributed by atoms with van der Waals surface area (Å²) in [6.07, 6.45) is 8.36. The molecule has 1 unspecified atom stereocenters. The van der Waals surface area contributed by atoms with Crippen molar-refractivity contribution in [2.24, 2.45) is 11.8 Å². The molecule has 17 heavy (non-hydrogen) atoms. The van der Waals surface area contributed by atoms with Gasteiger partial charge in [0.25, 0.3) is 0 Å². The van der Waals surface area contributed by atoms with Gasteiger partial charge in [-0.1, -0.05) is 12.2 Å². The third-order valence-electron chi connectivity index (χ3n) is 3.70. The van der Waals surface area contributed by atoms with E-state index in [1.165, 1.54) is 0 Å². The number of carbonyl (C=O) groups is 2. The molecule has 1 fully saturated rings. The van der Waals surface area contributed by atoms with Gasteiger partial charge in [0.15, 0.2) is 0 Å². The number of amides is 1. The highest BCUT2D eigenvalue weighted by molar-refractivity contribution is 5.80. The summed E-state index contributed by atoms with van der Waals surface area (Å²) >= 11 is 0. The van der Waals surface area contributed by atoms with Gasteiger partial charge < -0.3 is 10.0 Å². The number of allylic oxidation sites excluding steroid dienone is 2. The third-order valence-corrected chi connectivity index (χ3v) is 3.70. The van der Waals surface area contributed by atoms with Gasteiger partial charge in [-0.15, -0.1) is 0 Å². The van der Waals surface area contributed by atoms with Gasteiger partial charge in [0.2, 0.25) is 5.91 Å². The van der Waals surface area contributed by atoms with Crippen molar-refractivity contribution in [3.05, 3.63) is 12.2 Å². The fraction of sp³-hybridized carbons (Fsp3) is 0.692. The van der Waals surface area contributed by atoms with E-state index < -0.39 is 5.97 Å². The molecule has 2 atom stereocenters. The molecule has 1 aliphatic carbocycles. The van der Waals surface area contributed by atoms with Crippen LogP contribution in [-0.2, 0) is 9.59 Å². The van der Waals surface area contributed by atoms with Crippen molar-refractivity contribution in [2.45, 2.75) is 32.1 Å². The Kier molecular flexibility index (Phi) is 3.82. The van der Waals surface area contributed by atoms with Gasteiger partial charge in [-0.25, -0.2) is 0 Å². The van der Waals surface area contributed by atoms with Gasteiger partial charge >= 0.3 is 5.97 Å². The average Bonchev–Trinajstić information content (AvgIpc) is 2.39. The van der Waals surface area contributed by atoms with Crippen LogP contribution in [0.15, 0.2) is 12.2 Å². The molecule has 0 aromatic heterocycles. The normalized spacial score (nSPS) is 29.1. The Morgan fingerprint density at radius 2 is 2.00 bits per heavy atom. The summed E-state index contributed by atoms with van der Waals surface area (Å²) in [6.45, 7) is 1.12. The van der Waals surface area contributed by atoms with E-state index >= 15 is 0 Å². The van der Waals surface area contributed by atoms with Crippen LogP contribution in [0.5, 0.6) is 0 Å². The molecule has 4 nitrogen and oxygen atoms in total. The topological polar surface area (TPSA) is 57.6 Å². The third kappa shape index (κ3) is 2.87. The molecule has 1 aliphatic heterocycles. The highest BCUT2D eigenvalue weighted by Gasteiger charge is 2.31. The lowest BCUT2D eigenvalue weighted by molar-refractivity contribution is -0.146. The molecule has 0 spiro atoms. The minimum absolute atomic E-state index is 0.0764. The van der Waals surface area contributed by atoms with Crippen LogP contribution in [0.2, 0.25) is 0 Å². The van der Waals surface area contributed by atoms with E-state index in [1.807, 2.05) is 0 Å². The van der Waals surface area contributed by atoms with Gasteiger partial charge in [-0.05, 0) is 32.1 Å². The minimum Gasteiger partial charge on any atom is -0.481 e. The van der Waals surface area contributed by atoms with E-state index in [4.69, 9.17) is 5.11 Å². The average molecular weight is 237 g/mol. The van der Waals surface area contributed by atoms with Crippen LogP contribution >= 0.6 is 0 Å². The van der Waals surface area contributed by atoms with Gasteiger partial charge in [0.1, 0.15) is 0 Å². The molecular weight excluding hydrogens is 218 g/mol. The van der Waals surface area contributed by atoms with Gasteiger partial charge in [-0.2, -0.15) is 0 Å². The van der Waals surface area contributed by atoms with Crippen molar-refractivity contribution in [1.82, 2.24) is 4.90 Å². The Balaban J connectivity index is 1.94. The first-order valence-corrected chi connectivity index (χ1v) is 6.35. The number of carboxylic acid groups (broad SMARTS) is 1. The standard InChI is InChI=1S/C13H19NO3/c15-12(10-5-2-1-3-6-10)14-8-4-7-11(9-14)13(16)17/h1-2,10-11H,3-9H2,(H,16,17)/t10?,11-/m0/s1. The van der Waals surface area contributed by atoms with Crippen molar-refractivity contribution >= 4 is 11.9 Å². The van der Waals surface area contributed by atoms with Gasteiger partial charge in [-0.3, -0.25) is 9.59 Å². The Labute approximate surface area is 101 Å². The molecule has 1 amide bonds. The molecule has 0 radical (unpaired) electrons. The number of carbonyl (C=O) groups excluding carboxylic acids is 1. The Morgan fingerprint density at radius 1 is 1.18 bits per heavy atom. The van der Waals surface area contributed by atoms with Gasteiger partial charge in [0.05, 0.1) is 5.92 Å². The molecule has 2 aliphatic rings. The van der Waals surface area contributed by atoms with E-state index in [0.717, 1.165) is 32.2 Å². The lowest BCUT2D eigenvalue weighted by Gasteiger charge is -2.33. The molecule has 1 saturated heterocycles. The monoisotopic (exact) mass is 237 g/mol. The summed E-state index contributed by atoms with van der Waals surface area (Å²) in [6, 6.07) is 0. The van der Waals surface area contributed by atoms with Crippen molar-refractivity contribution in [3.63, 3.8) is 0 Å². The van der Waals surface area contributed by atoms with Crippen LogP contribution in [0.25, 0.3) is 0 Å². The van der Waals surface area contributed by atoms with E-state index in [2.05, 4.69) is 12.2 Å². The zero-order chi connectivity index (χ0) is 12.3. The summed E-state index contributed by atoms with van der Waals surface area (Å²) in [5.41, 5.74) is 0. The first-order valence-electron chi connectivity index (χ1n) is 6.35. The van der Waals surface area contributed by atoms with Crippen LogP contribution in [-0.4, -0.2) is 35.0 Å². The SMILES string of the molecule is O=C(O)[C@H]1CCCN(C(=O)C2CC=CCC2)C1. The van der Waals surface area contributed by atoms with Crippen molar-refractivity contribution in [1.29, 1.82) is 0 Å². The molecule has 0 aromatic carbocycles. The summed E-state index contributed by atoms with van der Waals surface area (Å²) in [7, 11) is 0. The second-order valence-corrected chi connectivity index (χ2v) is 4.94. The smallest absolute Gasteiger partial charge is 0.308 e. The zero-order valence-corrected chi connectivity index (χ0v) is 9.97. The summed E-state index contributed by atoms with van der Waals surface area (Å²) in [5, 5.41) is 9.00. The predicted octanol–water partition coefficient (Wildman–Crippen LogP) is 1.67. The molecular formula is C13H19NO3. The Bertz CT molecular complexity index is 338. The quantitative estimate of drug-likeness (QED) is 0.743. The first kappa shape index (κ1) is 12.1. The fourth-order valence-electron chi connectivity index (χ4n) is 2.65. The molecule has 0 bridgehead atoms. The number of carboxylic acids is 1. The maximum absolute atomic E-state index is 12.2. The van der Waals surface area contributed by atoms with E-state index in [1.54, 1.807) is 4.90 Å². The first-order chi connectivity index (χ1) is 8.18. The lowest BCUT2D eigenvalue weighted by Crippen LogP contribution is -2.45. The predicted molar refractivity (Wildman–Crippen MR) is 63.4 cm³/mol. The highest BCUT2D eigenvalue weighted by Crippen LogP contribution is 2.24. The van der Waals surface area contributed by atoms with E-state index in [0.29, 0.717) is 13.0 Å². The highest BCUT2D eigenvalue weighted by atomic mass is 16.4. The van der Waals surface area contributed by atoms with Crippen LogP contribution in [0.4, 0.5) is 0 Å². The van der Waals surface area contributed by atoms with Crippen LogP contribution in [0, 0.1) is 11.8 Å². The van der Waals surface area contributed by atoms with E-state index in [-0.39, 0.29) is 17.7 Å². The molecule has 0 aromatic rings. The number of nitrogens with zero attached hydrogens (tertiary/aromatic N) is 1. The van der Waals surface area contributed by atoms with Crippen LogP contribution in [0.3, 0.4) is 0 Å².